The minimum atomic E-state index is -0.273. The number of hydrazine groups is 1. The minimum Gasteiger partial charge on any atom is -0.274 e. The standard InChI is InChI=1S/C7H12N6O2/c1-4-8-10-7(11-9-5(2)14)13(4)12-6(3)15/h1-3H3,(H,9,14)(H,10,11)(H,12,15). The highest BCUT2D eigenvalue weighted by Crippen LogP contribution is 2.01. The third-order valence-corrected chi connectivity index (χ3v) is 1.44. The number of carbonyl (C=O) groups is 2. The molecule has 0 bridgehead atoms. The maximum Gasteiger partial charge on any atom is 0.262 e. The van der Waals surface area contributed by atoms with Gasteiger partial charge in [-0.15, -0.1) is 10.2 Å². The summed E-state index contributed by atoms with van der Waals surface area (Å²) in [4.78, 5) is 21.5. The van der Waals surface area contributed by atoms with Crippen molar-refractivity contribution in [2.45, 2.75) is 20.8 Å². The summed E-state index contributed by atoms with van der Waals surface area (Å²) in [6, 6.07) is 0. The van der Waals surface area contributed by atoms with E-state index in [1.54, 1.807) is 6.92 Å². The SMILES string of the molecule is CC(=O)NNc1nnc(C)n1NC(C)=O. The topological polar surface area (TPSA) is 101 Å². The number of aryl methyl sites for hydroxylation is 1. The average Bonchev–Trinajstić information content (AvgIpc) is 2.44. The van der Waals surface area contributed by atoms with Crippen LogP contribution in [0.25, 0.3) is 0 Å². The maximum absolute atomic E-state index is 10.9. The third kappa shape index (κ3) is 2.93. The lowest BCUT2D eigenvalue weighted by atomic mass is 10.7. The van der Waals surface area contributed by atoms with Crippen molar-refractivity contribution in [2.24, 2.45) is 0 Å². The van der Waals surface area contributed by atoms with Gasteiger partial charge in [-0.3, -0.25) is 25.9 Å². The van der Waals surface area contributed by atoms with Gasteiger partial charge in [-0.05, 0) is 6.92 Å². The Morgan fingerprint density at radius 2 is 1.87 bits per heavy atom. The van der Waals surface area contributed by atoms with Crippen molar-refractivity contribution in [1.82, 2.24) is 20.3 Å². The van der Waals surface area contributed by atoms with Crippen LogP contribution >= 0.6 is 0 Å². The summed E-state index contributed by atoms with van der Waals surface area (Å²) in [5.41, 5.74) is 7.32. The summed E-state index contributed by atoms with van der Waals surface area (Å²) < 4.78 is 1.33. The lowest BCUT2D eigenvalue weighted by Crippen LogP contribution is -2.31. The fraction of sp³-hybridized carbons (Fsp3) is 0.429. The zero-order chi connectivity index (χ0) is 11.4. The van der Waals surface area contributed by atoms with Crippen LogP contribution in [0.2, 0.25) is 0 Å². The number of nitrogens with one attached hydrogen (secondary N) is 3. The molecule has 0 saturated carbocycles. The van der Waals surface area contributed by atoms with Crippen LogP contribution in [0.1, 0.15) is 19.7 Å². The van der Waals surface area contributed by atoms with E-state index in [0.717, 1.165) is 0 Å². The van der Waals surface area contributed by atoms with E-state index in [1.807, 2.05) is 0 Å². The van der Waals surface area contributed by atoms with Crippen LogP contribution in [0.5, 0.6) is 0 Å². The van der Waals surface area contributed by atoms with E-state index < -0.39 is 0 Å². The number of nitrogens with zero attached hydrogens (tertiary/aromatic N) is 3. The second-order valence-electron chi connectivity index (χ2n) is 2.88. The quantitative estimate of drug-likeness (QED) is 0.566. The molecule has 0 aliphatic carbocycles. The fourth-order valence-electron chi connectivity index (χ4n) is 0.879. The van der Waals surface area contributed by atoms with Gasteiger partial charge in [0.05, 0.1) is 0 Å². The van der Waals surface area contributed by atoms with Crippen molar-refractivity contribution in [2.75, 3.05) is 10.9 Å². The van der Waals surface area contributed by atoms with Gasteiger partial charge in [-0.2, -0.15) is 0 Å². The Morgan fingerprint density at radius 3 is 2.40 bits per heavy atom. The molecule has 1 aromatic heterocycles. The fourth-order valence-corrected chi connectivity index (χ4v) is 0.879. The van der Waals surface area contributed by atoms with Crippen LogP contribution < -0.4 is 16.3 Å². The number of amides is 2. The molecule has 0 fully saturated rings. The van der Waals surface area contributed by atoms with E-state index in [4.69, 9.17) is 0 Å². The predicted octanol–water partition coefficient (Wildman–Crippen LogP) is -0.860. The van der Waals surface area contributed by atoms with Gasteiger partial charge in [0, 0.05) is 13.8 Å². The molecule has 0 atom stereocenters. The van der Waals surface area contributed by atoms with E-state index in [0.29, 0.717) is 5.82 Å². The molecule has 0 radical (unpaired) electrons. The summed E-state index contributed by atoms with van der Waals surface area (Å²) in [7, 11) is 0. The molecule has 8 nitrogen and oxygen atoms in total. The summed E-state index contributed by atoms with van der Waals surface area (Å²) in [5.74, 6) is 0.199. The lowest BCUT2D eigenvalue weighted by molar-refractivity contribution is -0.118. The molecule has 15 heavy (non-hydrogen) atoms. The van der Waals surface area contributed by atoms with Crippen LogP contribution in [0, 0.1) is 6.92 Å². The molecule has 1 rings (SSSR count). The van der Waals surface area contributed by atoms with Crippen molar-refractivity contribution in [1.29, 1.82) is 0 Å². The predicted molar refractivity (Wildman–Crippen MR) is 52.2 cm³/mol. The van der Waals surface area contributed by atoms with Crippen LogP contribution in [-0.4, -0.2) is 26.7 Å². The molecule has 3 N–H and O–H groups in total. The van der Waals surface area contributed by atoms with Gasteiger partial charge in [0.15, 0.2) is 5.82 Å². The molecule has 0 unspecified atom stereocenters. The number of aromatic nitrogens is 3. The van der Waals surface area contributed by atoms with Crippen molar-refractivity contribution in [3.8, 4) is 0 Å². The van der Waals surface area contributed by atoms with E-state index in [2.05, 4.69) is 26.5 Å². The zero-order valence-corrected chi connectivity index (χ0v) is 8.66. The van der Waals surface area contributed by atoms with Crippen LogP contribution in [-0.2, 0) is 9.59 Å². The Hall–Kier alpha value is -2.12. The highest BCUT2D eigenvalue weighted by atomic mass is 16.2. The maximum atomic E-state index is 10.9. The van der Waals surface area contributed by atoms with Crippen molar-refractivity contribution >= 4 is 17.8 Å². The lowest BCUT2D eigenvalue weighted by Gasteiger charge is -2.09. The first kappa shape index (κ1) is 11.0. The van der Waals surface area contributed by atoms with Crippen molar-refractivity contribution in [3.05, 3.63) is 5.82 Å². The molecule has 1 heterocycles. The Bertz CT molecular complexity index is 385. The van der Waals surface area contributed by atoms with Gasteiger partial charge in [-0.1, -0.05) is 0 Å². The largest absolute Gasteiger partial charge is 0.274 e. The van der Waals surface area contributed by atoms with Crippen LogP contribution in [0.15, 0.2) is 0 Å². The molecule has 0 aromatic carbocycles. The van der Waals surface area contributed by atoms with Crippen molar-refractivity contribution in [3.63, 3.8) is 0 Å². The van der Waals surface area contributed by atoms with E-state index in [-0.39, 0.29) is 17.8 Å². The first-order valence-corrected chi connectivity index (χ1v) is 4.23. The second kappa shape index (κ2) is 4.40. The normalized spacial score (nSPS) is 9.53. The Balaban J connectivity index is 2.78. The Kier molecular flexibility index (Phi) is 3.21. The minimum absolute atomic E-state index is 0.234. The molecule has 8 heteroatoms. The van der Waals surface area contributed by atoms with Crippen LogP contribution in [0.3, 0.4) is 0 Å². The molecule has 1 aromatic rings. The first-order valence-electron chi connectivity index (χ1n) is 4.23. The summed E-state index contributed by atoms with van der Waals surface area (Å²) in [5, 5.41) is 7.45. The monoisotopic (exact) mass is 212 g/mol. The zero-order valence-electron chi connectivity index (χ0n) is 8.66. The second-order valence-corrected chi connectivity index (χ2v) is 2.88. The average molecular weight is 212 g/mol. The molecule has 0 spiro atoms. The molecular formula is C7H12N6O2. The summed E-state index contributed by atoms with van der Waals surface area (Å²) in [6.07, 6.45) is 0. The Morgan fingerprint density at radius 1 is 1.20 bits per heavy atom. The molecule has 0 aliphatic heterocycles. The molecule has 0 saturated heterocycles. The molecule has 82 valence electrons. The molecular weight excluding hydrogens is 200 g/mol. The van der Waals surface area contributed by atoms with Gasteiger partial charge in [0.1, 0.15) is 0 Å². The first-order chi connectivity index (χ1) is 7.00. The van der Waals surface area contributed by atoms with Gasteiger partial charge < -0.3 is 0 Å². The number of carbonyl (C=O) groups excluding carboxylic acids is 2. The van der Waals surface area contributed by atoms with Gasteiger partial charge in [0.25, 0.3) is 5.95 Å². The highest BCUT2D eigenvalue weighted by molar-refractivity contribution is 5.81. The summed E-state index contributed by atoms with van der Waals surface area (Å²) in [6.45, 7) is 4.38. The van der Waals surface area contributed by atoms with Crippen LogP contribution in [0.4, 0.5) is 5.95 Å². The van der Waals surface area contributed by atoms with E-state index >= 15 is 0 Å². The highest BCUT2D eigenvalue weighted by Gasteiger charge is 2.09. The van der Waals surface area contributed by atoms with Gasteiger partial charge >= 0.3 is 0 Å². The number of rotatable bonds is 3. The van der Waals surface area contributed by atoms with E-state index in [9.17, 15) is 9.59 Å². The number of anilines is 1. The molecule has 0 aliphatic rings. The number of hydrogen-bond acceptors (Lipinski definition) is 5. The smallest absolute Gasteiger partial charge is 0.262 e. The van der Waals surface area contributed by atoms with Gasteiger partial charge in [-0.25, -0.2) is 4.68 Å². The Labute approximate surface area is 86.0 Å². The van der Waals surface area contributed by atoms with Gasteiger partial charge in [0.2, 0.25) is 11.8 Å². The molecule has 2 amide bonds. The third-order valence-electron chi connectivity index (χ3n) is 1.44. The summed E-state index contributed by atoms with van der Waals surface area (Å²) >= 11 is 0. The number of hydrogen-bond donors (Lipinski definition) is 3. The van der Waals surface area contributed by atoms with Crippen molar-refractivity contribution < 1.29 is 9.59 Å². The van der Waals surface area contributed by atoms with E-state index in [1.165, 1.54) is 18.5 Å².